The van der Waals surface area contributed by atoms with E-state index in [1.165, 1.54) is 81.7 Å². The fourth-order valence-corrected chi connectivity index (χ4v) is 9.46. The maximum absolute atomic E-state index is 5.49. The van der Waals surface area contributed by atoms with Crippen LogP contribution in [0.4, 0.5) is 0 Å². The Morgan fingerprint density at radius 1 is 0.448 bits per heavy atom. The molecule has 0 amide bonds. The van der Waals surface area contributed by atoms with Crippen molar-refractivity contribution in [2.75, 3.05) is 0 Å². The molecule has 2 heterocycles. The number of benzene rings is 9. The monoisotopic (exact) mass is 734 g/mol. The van der Waals surface area contributed by atoms with Gasteiger partial charge in [0.05, 0.1) is 16.7 Å². The molecule has 0 unspecified atom stereocenters. The van der Waals surface area contributed by atoms with Crippen LogP contribution in [0.5, 0.6) is 0 Å². The molecule has 9 aromatic carbocycles. The average Bonchev–Trinajstić information content (AvgIpc) is 3.48. The topological polar surface area (TPSA) is 25.8 Å². The number of hydrogen-bond donors (Lipinski definition) is 0. The quantitative estimate of drug-likeness (QED) is 0.133. The van der Waals surface area contributed by atoms with E-state index in [2.05, 4.69) is 183 Å². The van der Waals surface area contributed by atoms with E-state index < -0.39 is 0 Å². The predicted octanol–water partition coefficient (Wildman–Crippen LogP) is 15.1. The summed E-state index contributed by atoms with van der Waals surface area (Å²) < 4.78 is 0. The van der Waals surface area contributed by atoms with Crippen molar-refractivity contribution < 1.29 is 0 Å². The summed E-state index contributed by atoms with van der Waals surface area (Å²) in [6.07, 6.45) is 8.11. The first-order valence-corrected chi connectivity index (χ1v) is 19.9. The smallest absolute Gasteiger partial charge is 0.0800 e. The molecule has 0 bridgehead atoms. The van der Waals surface area contributed by atoms with Gasteiger partial charge < -0.3 is 0 Å². The first-order chi connectivity index (χ1) is 28.7. The number of rotatable bonds is 3. The fourth-order valence-electron chi connectivity index (χ4n) is 9.46. The van der Waals surface area contributed by atoms with Gasteiger partial charge in [0.15, 0.2) is 0 Å². The van der Waals surface area contributed by atoms with Gasteiger partial charge in [-0.1, -0.05) is 152 Å². The Kier molecular flexibility index (Phi) is 7.13. The summed E-state index contributed by atoms with van der Waals surface area (Å²) in [5.74, 6) is 0. The van der Waals surface area contributed by atoms with Crippen LogP contribution in [0.3, 0.4) is 0 Å². The van der Waals surface area contributed by atoms with Gasteiger partial charge in [-0.2, -0.15) is 0 Å². The minimum absolute atomic E-state index is 1.01. The number of pyridine rings is 2. The highest BCUT2D eigenvalue weighted by Gasteiger charge is 2.18. The van der Waals surface area contributed by atoms with Crippen molar-refractivity contribution in [1.82, 2.24) is 9.97 Å². The molecule has 0 aliphatic heterocycles. The summed E-state index contributed by atoms with van der Waals surface area (Å²) in [5, 5.41) is 14.6. The van der Waals surface area contributed by atoms with E-state index in [1.54, 1.807) is 0 Å². The zero-order valence-electron chi connectivity index (χ0n) is 31.8. The van der Waals surface area contributed by atoms with E-state index in [9.17, 15) is 0 Å². The van der Waals surface area contributed by atoms with Crippen LogP contribution in [0.1, 0.15) is 18.1 Å². The Hall–Kier alpha value is -7.64. The van der Waals surface area contributed by atoms with Gasteiger partial charge in [0.1, 0.15) is 0 Å². The van der Waals surface area contributed by atoms with E-state index in [0.29, 0.717) is 0 Å². The average molecular weight is 735 g/mol. The number of aromatic nitrogens is 2. The second-order valence-corrected chi connectivity index (χ2v) is 15.4. The highest BCUT2D eigenvalue weighted by Crippen LogP contribution is 2.42. The Morgan fingerprint density at radius 3 is 1.91 bits per heavy atom. The molecule has 0 saturated carbocycles. The third-order valence-corrected chi connectivity index (χ3v) is 12.2. The zero-order valence-corrected chi connectivity index (χ0v) is 31.8. The second-order valence-electron chi connectivity index (χ2n) is 15.4. The van der Waals surface area contributed by atoms with Crippen LogP contribution in [0.2, 0.25) is 0 Å². The molecular formula is C56H34N2. The van der Waals surface area contributed by atoms with Crippen LogP contribution in [0, 0.1) is 0 Å². The fraction of sp³-hybridized carbons (Fsp3) is 0.0179. The van der Waals surface area contributed by atoms with E-state index in [4.69, 9.17) is 9.97 Å². The van der Waals surface area contributed by atoms with E-state index in [1.807, 2.05) is 18.3 Å². The molecule has 1 aliphatic rings. The van der Waals surface area contributed by atoms with Crippen molar-refractivity contribution in [3.63, 3.8) is 0 Å². The Labute approximate surface area is 335 Å². The maximum Gasteiger partial charge on any atom is 0.0800 e. The molecule has 2 aromatic heterocycles. The number of hydrogen-bond acceptors (Lipinski definition) is 2. The molecular weight excluding hydrogens is 701 g/mol. The summed E-state index contributed by atoms with van der Waals surface area (Å²) in [4.78, 5) is 10.4. The third-order valence-electron chi connectivity index (χ3n) is 12.2. The Bertz CT molecular complexity index is 3660. The minimum atomic E-state index is 1.01. The van der Waals surface area contributed by atoms with Crippen LogP contribution in [-0.4, -0.2) is 9.97 Å². The highest BCUT2D eigenvalue weighted by molar-refractivity contribution is 6.31. The van der Waals surface area contributed by atoms with Gasteiger partial charge in [-0.05, 0) is 108 Å². The zero-order chi connectivity index (χ0) is 38.3. The van der Waals surface area contributed by atoms with Crippen LogP contribution in [0.15, 0.2) is 188 Å². The van der Waals surface area contributed by atoms with Crippen molar-refractivity contribution in [1.29, 1.82) is 0 Å². The molecule has 0 radical (unpaired) electrons. The summed E-state index contributed by atoms with van der Waals surface area (Å²) in [6, 6.07) is 59.9. The summed E-state index contributed by atoms with van der Waals surface area (Å²) in [6.45, 7) is 2.12. The molecule has 12 rings (SSSR count). The Morgan fingerprint density at radius 2 is 1.09 bits per heavy atom. The van der Waals surface area contributed by atoms with Gasteiger partial charge in [-0.3, -0.25) is 4.98 Å². The summed E-state index contributed by atoms with van der Waals surface area (Å²) in [5.41, 5.74) is 15.7. The molecule has 0 saturated heterocycles. The maximum atomic E-state index is 5.49. The van der Waals surface area contributed by atoms with Gasteiger partial charge in [0.25, 0.3) is 0 Å². The van der Waals surface area contributed by atoms with Crippen molar-refractivity contribution in [3.05, 3.63) is 199 Å². The van der Waals surface area contributed by atoms with Gasteiger partial charge in [0.2, 0.25) is 0 Å². The molecule has 2 nitrogen and oxygen atoms in total. The van der Waals surface area contributed by atoms with Crippen LogP contribution in [-0.2, 0) is 0 Å². The number of allylic oxidation sites excluding steroid dienone is 2. The number of nitrogens with zero attached hydrogens (tertiary/aromatic N) is 2. The lowest BCUT2D eigenvalue weighted by molar-refractivity contribution is 1.39. The van der Waals surface area contributed by atoms with Crippen LogP contribution in [0.25, 0.3) is 121 Å². The SMILES string of the molecule is CC1=C=CC=Cc2cc(-c3ccc4c(ccc5ccc(-c6ccc(-c7nc8c9ccccc9c9ccccc9c8c8ccccc78)cc6)cc54)c3)c3cccnc3c21. The molecule has 58 heavy (non-hydrogen) atoms. The van der Waals surface area contributed by atoms with Gasteiger partial charge >= 0.3 is 0 Å². The Balaban J connectivity index is 0.963. The van der Waals surface area contributed by atoms with Crippen molar-refractivity contribution in [2.45, 2.75) is 6.92 Å². The minimum Gasteiger partial charge on any atom is -0.256 e. The molecule has 1 aliphatic carbocycles. The highest BCUT2D eigenvalue weighted by atomic mass is 14.7. The molecule has 0 atom stereocenters. The normalized spacial score (nSPS) is 12.6. The van der Waals surface area contributed by atoms with Crippen molar-refractivity contribution in [3.8, 4) is 33.5 Å². The second kappa shape index (κ2) is 12.7. The van der Waals surface area contributed by atoms with E-state index in [0.717, 1.165) is 44.2 Å². The summed E-state index contributed by atoms with van der Waals surface area (Å²) >= 11 is 0. The first kappa shape index (κ1) is 32.6. The molecule has 11 aromatic rings. The van der Waals surface area contributed by atoms with Crippen molar-refractivity contribution >= 4 is 87.3 Å². The predicted molar refractivity (Wildman–Crippen MR) is 247 cm³/mol. The van der Waals surface area contributed by atoms with Gasteiger partial charge in [-0.25, -0.2) is 4.98 Å². The molecule has 0 N–H and O–H groups in total. The lowest BCUT2D eigenvalue weighted by Gasteiger charge is -2.15. The number of fused-ring (bicyclic) bond motifs is 14. The van der Waals surface area contributed by atoms with E-state index in [-0.39, 0.29) is 0 Å². The van der Waals surface area contributed by atoms with Crippen molar-refractivity contribution in [2.24, 2.45) is 0 Å². The molecule has 2 heteroatoms. The molecule has 0 fully saturated rings. The molecule has 0 spiro atoms. The van der Waals surface area contributed by atoms with Gasteiger partial charge in [-0.15, -0.1) is 5.73 Å². The van der Waals surface area contributed by atoms with E-state index >= 15 is 0 Å². The van der Waals surface area contributed by atoms with Crippen LogP contribution < -0.4 is 0 Å². The lowest BCUT2D eigenvalue weighted by Crippen LogP contribution is -1.94. The van der Waals surface area contributed by atoms with Gasteiger partial charge in [0, 0.05) is 44.4 Å². The largest absolute Gasteiger partial charge is 0.256 e. The standard InChI is InChI=1S/C56H34N2/c1-34-11-2-3-12-41-33-51(49-19-10-30-57-55(49)52(34)41)40-28-29-42-39(31-40)27-23-36-22-26-38(32-50(36)42)35-20-24-37(25-21-35)54-48-18-9-7-16-46(48)53-45-15-6-4-13-43(45)44-14-5-8-17-47(44)56(53)58-54/h2-10,12-33H,1H3. The third kappa shape index (κ3) is 4.93. The first-order valence-electron chi connectivity index (χ1n) is 19.9. The summed E-state index contributed by atoms with van der Waals surface area (Å²) in [7, 11) is 0. The molecule has 268 valence electrons. The van der Waals surface area contributed by atoms with Crippen LogP contribution >= 0.6 is 0 Å². The lowest BCUT2D eigenvalue weighted by atomic mass is 9.89.